The molecule has 0 bridgehead atoms. The first-order valence-corrected chi connectivity index (χ1v) is 9.08. The molecular formula is C14H11Cl2FN10O6. The van der Waals surface area contributed by atoms with Crippen molar-refractivity contribution in [3.8, 4) is 17.8 Å². The van der Waals surface area contributed by atoms with Crippen molar-refractivity contribution in [2.45, 2.75) is 19.6 Å². The van der Waals surface area contributed by atoms with Gasteiger partial charge in [0.2, 0.25) is 0 Å². The van der Waals surface area contributed by atoms with E-state index in [4.69, 9.17) is 27.9 Å². The highest BCUT2D eigenvalue weighted by Gasteiger charge is 2.38. The summed E-state index contributed by atoms with van der Waals surface area (Å²) in [5.74, 6) is -2.37. The highest BCUT2D eigenvalue weighted by Crippen LogP contribution is 2.25. The maximum absolute atomic E-state index is 13.0. The zero-order valence-corrected chi connectivity index (χ0v) is 18.0. The van der Waals surface area contributed by atoms with Crippen LogP contribution in [0.4, 0.5) is 10.1 Å². The van der Waals surface area contributed by atoms with Crippen LogP contribution in [0.2, 0.25) is 10.6 Å². The van der Waals surface area contributed by atoms with E-state index in [-0.39, 0.29) is 28.3 Å². The SMILES string of the molecule is CC(F)(COc1nnc(Cl)nn1)[N+](=O)[O-].Cc1cc(Oc2nnc(Cl)nn2)ccc1[N+](=O)[O-]. The summed E-state index contributed by atoms with van der Waals surface area (Å²) in [7, 11) is 0. The summed E-state index contributed by atoms with van der Waals surface area (Å²) in [4.78, 5) is 19.2. The number of nitrogens with zero attached hydrogens (tertiary/aromatic N) is 10. The van der Waals surface area contributed by atoms with Crippen molar-refractivity contribution in [2.75, 3.05) is 6.61 Å². The lowest BCUT2D eigenvalue weighted by molar-refractivity contribution is -0.602. The summed E-state index contributed by atoms with van der Waals surface area (Å²) < 4.78 is 22.8. The standard InChI is InChI=1S/C9H6ClN5O3.C5H5ClFN5O3/c1-5-4-6(2-3-7(5)15(16)17)18-9-13-11-8(10)12-14-9;1-5(7,12(13)14)2-15-4-10-8-3(6)9-11-4/h2-4H,1H3;2H2,1H3. The maximum atomic E-state index is 13.0. The van der Waals surface area contributed by atoms with Gasteiger partial charge in [0.1, 0.15) is 5.75 Å². The quantitative estimate of drug-likeness (QED) is 0.256. The number of aryl methyl sites for hydroxylation is 1. The van der Waals surface area contributed by atoms with Crippen LogP contribution in [0.15, 0.2) is 18.2 Å². The van der Waals surface area contributed by atoms with Crippen molar-refractivity contribution in [2.24, 2.45) is 0 Å². The van der Waals surface area contributed by atoms with E-state index in [0.29, 0.717) is 11.3 Å². The molecule has 19 heteroatoms. The number of aromatic nitrogens is 8. The molecule has 2 aromatic heterocycles. The first kappa shape index (κ1) is 25.3. The van der Waals surface area contributed by atoms with Crippen LogP contribution in [0.3, 0.4) is 0 Å². The Morgan fingerprint density at radius 3 is 1.94 bits per heavy atom. The third-order valence-corrected chi connectivity index (χ3v) is 3.59. The minimum Gasteiger partial charge on any atom is -0.450 e. The number of nitro groups is 2. The van der Waals surface area contributed by atoms with Crippen molar-refractivity contribution >= 4 is 28.9 Å². The zero-order chi connectivity index (χ0) is 24.6. The predicted molar refractivity (Wildman–Crippen MR) is 105 cm³/mol. The summed E-state index contributed by atoms with van der Waals surface area (Å²) >= 11 is 10.7. The van der Waals surface area contributed by atoms with Crippen LogP contribution in [0, 0.1) is 27.2 Å². The van der Waals surface area contributed by atoms with Gasteiger partial charge in [0.05, 0.1) is 9.85 Å². The minimum absolute atomic E-state index is 0.00984. The molecule has 0 fully saturated rings. The number of halogens is 3. The van der Waals surface area contributed by atoms with E-state index in [1.54, 1.807) is 6.92 Å². The molecule has 1 unspecified atom stereocenters. The lowest BCUT2D eigenvalue weighted by Crippen LogP contribution is -2.36. The summed E-state index contributed by atoms with van der Waals surface area (Å²) in [6.07, 6.45) is 0. The predicted octanol–water partition coefficient (Wildman–Crippen LogP) is 2.19. The highest BCUT2D eigenvalue weighted by molar-refractivity contribution is 6.28. The van der Waals surface area contributed by atoms with Gasteiger partial charge >= 0.3 is 17.8 Å². The van der Waals surface area contributed by atoms with Gasteiger partial charge in [0, 0.05) is 18.6 Å². The first-order chi connectivity index (χ1) is 15.5. The van der Waals surface area contributed by atoms with Gasteiger partial charge in [-0.3, -0.25) is 20.2 Å². The number of ether oxygens (including phenoxy) is 2. The van der Waals surface area contributed by atoms with Crippen LogP contribution < -0.4 is 9.47 Å². The average molecular weight is 505 g/mol. The molecule has 0 saturated heterocycles. The summed E-state index contributed by atoms with van der Waals surface area (Å²) in [6.45, 7) is 1.51. The Hall–Kier alpha value is -3.99. The van der Waals surface area contributed by atoms with Gasteiger partial charge < -0.3 is 9.47 Å². The van der Waals surface area contributed by atoms with Gasteiger partial charge in [0.25, 0.3) is 16.3 Å². The molecule has 3 rings (SSSR count). The fourth-order valence-corrected chi connectivity index (χ4v) is 1.92. The van der Waals surface area contributed by atoms with Crippen molar-refractivity contribution in [1.82, 2.24) is 40.8 Å². The molecule has 0 aliphatic carbocycles. The van der Waals surface area contributed by atoms with Gasteiger partial charge in [-0.25, -0.2) is 0 Å². The number of alkyl halides is 1. The van der Waals surface area contributed by atoms with Crippen molar-refractivity contribution in [3.63, 3.8) is 0 Å². The zero-order valence-electron chi connectivity index (χ0n) is 16.5. The van der Waals surface area contributed by atoms with E-state index >= 15 is 0 Å². The second-order valence-corrected chi connectivity index (χ2v) is 6.57. The smallest absolute Gasteiger partial charge is 0.389 e. The van der Waals surface area contributed by atoms with Crippen molar-refractivity contribution in [3.05, 3.63) is 54.6 Å². The molecular weight excluding hydrogens is 494 g/mol. The fraction of sp³-hybridized carbons (Fsp3) is 0.286. The van der Waals surface area contributed by atoms with Crippen LogP contribution >= 0.6 is 23.2 Å². The van der Waals surface area contributed by atoms with Gasteiger partial charge in [-0.15, -0.1) is 20.4 Å². The van der Waals surface area contributed by atoms with Crippen molar-refractivity contribution in [1.29, 1.82) is 0 Å². The van der Waals surface area contributed by atoms with Gasteiger partial charge in [0.15, 0.2) is 6.61 Å². The molecule has 174 valence electrons. The third-order valence-electron chi connectivity index (χ3n) is 3.29. The molecule has 16 nitrogen and oxygen atoms in total. The van der Waals surface area contributed by atoms with E-state index in [9.17, 15) is 24.6 Å². The Morgan fingerprint density at radius 2 is 1.48 bits per heavy atom. The number of hydrogen-bond acceptors (Lipinski definition) is 14. The summed E-state index contributed by atoms with van der Waals surface area (Å²) in [5, 5.41) is 47.5. The van der Waals surface area contributed by atoms with Crippen LogP contribution in [-0.4, -0.2) is 63.0 Å². The lowest BCUT2D eigenvalue weighted by atomic mass is 10.2. The monoisotopic (exact) mass is 504 g/mol. The average Bonchev–Trinajstić information content (AvgIpc) is 2.75. The van der Waals surface area contributed by atoms with Gasteiger partial charge in [-0.1, -0.05) is 20.4 Å². The molecule has 1 atom stereocenters. The van der Waals surface area contributed by atoms with Crippen LogP contribution in [-0.2, 0) is 0 Å². The number of benzene rings is 1. The van der Waals surface area contributed by atoms with Gasteiger partial charge in [-0.05, 0) is 42.3 Å². The minimum atomic E-state index is -2.72. The summed E-state index contributed by atoms with van der Waals surface area (Å²) in [6, 6.07) is 3.79. The molecule has 0 aliphatic rings. The molecule has 0 aliphatic heterocycles. The molecule has 3 aromatic rings. The second-order valence-electron chi connectivity index (χ2n) is 5.90. The van der Waals surface area contributed by atoms with E-state index in [0.717, 1.165) is 6.92 Å². The lowest BCUT2D eigenvalue weighted by Gasteiger charge is -2.10. The molecule has 0 spiro atoms. The molecule has 33 heavy (non-hydrogen) atoms. The topological polar surface area (TPSA) is 208 Å². The summed E-state index contributed by atoms with van der Waals surface area (Å²) in [5.41, 5.74) is 0.475. The Bertz CT molecular complexity index is 1120. The van der Waals surface area contributed by atoms with E-state index in [1.165, 1.54) is 18.2 Å². The Balaban J connectivity index is 0.000000238. The second kappa shape index (κ2) is 11.0. The normalized spacial score (nSPS) is 12.0. The highest BCUT2D eigenvalue weighted by atomic mass is 35.5. The number of nitro benzene ring substituents is 1. The number of hydrogen-bond donors (Lipinski definition) is 0. The Kier molecular flexibility index (Phi) is 8.46. The van der Waals surface area contributed by atoms with Crippen LogP contribution in [0.5, 0.6) is 17.8 Å². The van der Waals surface area contributed by atoms with Gasteiger partial charge in [-0.2, -0.15) is 4.39 Å². The maximum Gasteiger partial charge on any atom is 0.389 e. The molecule has 0 radical (unpaired) electrons. The van der Waals surface area contributed by atoms with E-state index < -0.39 is 22.2 Å². The molecule has 2 heterocycles. The van der Waals surface area contributed by atoms with Crippen LogP contribution in [0.25, 0.3) is 0 Å². The van der Waals surface area contributed by atoms with Crippen molar-refractivity contribution < 1.29 is 23.7 Å². The molecule has 0 N–H and O–H groups in total. The van der Waals surface area contributed by atoms with E-state index in [2.05, 4.69) is 45.5 Å². The van der Waals surface area contributed by atoms with E-state index in [1.807, 2.05) is 0 Å². The largest absolute Gasteiger partial charge is 0.450 e. The molecule has 1 aromatic carbocycles. The molecule has 0 saturated carbocycles. The third kappa shape index (κ3) is 7.89. The fourth-order valence-electron chi connectivity index (χ4n) is 1.77. The molecule has 0 amide bonds. The Morgan fingerprint density at radius 1 is 0.970 bits per heavy atom. The number of rotatable bonds is 7. The Labute approximate surface area is 192 Å². The van der Waals surface area contributed by atoms with Crippen LogP contribution in [0.1, 0.15) is 12.5 Å². The first-order valence-electron chi connectivity index (χ1n) is 8.33.